The van der Waals surface area contributed by atoms with Gasteiger partial charge in [-0.3, -0.25) is 0 Å². The summed E-state index contributed by atoms with van der Waals surface area (Å²) >= 11 is 0. The summed E-state index contributed by atoms with van der Waals surface area (Å²) in [6.07, 6.45) is 1.16. The molecule has 0 N–H and O–H groups in total. The number of alkyl halides is 3. The lowest BCUT2D eigenvalue weighted by Crippen LogP contribution is -2.25. The first-order chi connectivity index (χ1) is 11.7. The van der Waals surface area contributed by atoms with Crippen LogP contribution in [0.5, 0.6) is 5.75 Å². The van der Waals surface area contributed by atoms with Crippen molar-refractivity contribution in [3.05, 3.63) is 47.7 Å². The molecule has 8 heteroatoms. The van der Waals surface area contributed by atoms with Crippen LogP contribution in [0.4, 0.5) is 13.2 Å². The van der Waals surface area contributed by atoms with E-state index in [0.29, 0.717) is 29.7 Å². The number of ether oxygens (including phenoxy) is 1. The van der Waals surface area contributed by atoms with Crippen LogP contribution in [0.15, 0.2) is 42.2 Å². The minimum Gasteiger partial charge on any atom is -0.497 e. The molecule has 0 spiro atoms. The lowest BCUT2D eigenvalue weighted by Gasteiger charge is -2.13. The van der Waals surface area contributed by atoms with Crippen molar-refractivity contribution >= 4 is 26.5 Å². The second-order valence-electron chi connectivity index (χ2n) is 5.67. The van der Waals surface area contributed by atoms with E-state index in [1.54, 1.807) is 25.3 Å². The van der Waals surface area contributed by atoms with Gasteiger partial charge >= 0.3 is 15.6 Å². The fourth-order valence-corrected chi connectivity index (χ4v) is 3.37. The highest BCUT2D eigenvalue weighted by atomic mass is 32.2. The highest BCUT2D eigenvalue weighted by Gasteiger charge is 2.49. The van der Waals surface area contributed by atoms with E-state index in [2.05, 4.69) is 4.18 Å². The average Bonchev–Trinajstić information content (AvgIpc) is 3.00. The predicted octanol–water partition coefficient (Wildman–Crippen LogP) is 4.61. The fourth-order valence-electron chi connectivity index (χ4n) is 2.83. The number of hydrogen-bond donors (Lipinski definition) is 0. The number of hydrogen-bond acceptors (Lipinski definition) is 4. The van der Waals surface area contributed by atoms with Crippen molar-refractivity contribution in [1.82, 2.24) is 0 Å². The number of allylic oxidation sites excluding steroid dienone is 2. The standard InChI is InChI=1S/C17H15F3O4S/c1-23-14-8-7-11-9-13(6-5-12(11)10-14)15-3-2-4-16(15)24-25(21,22)17(18,19)20/h5-10H,2-4H2,1H3. The zero-order chi connectivity index (χ0) is 18.2. The lowest BCUT2D eigenvalue weighted by atomic mass is 10.0. The van der Waals surface area contributed by atoms with E-state index in [0.717, 1.165) is 10.8 Å². The van der Waals surface area contributed by atoms with Crippen LogP contribution in [0.2, 0.25) is 0 Å². The molecule has 3 rings (SSSR count). The summed E-state index contributed by atoms with van der Waals surface area (Å²) in [5.74, 6) is 0.561. The van der Waals surface area contributed by atoms with Gasteiger partial charge in [-0.15, -0.1) is 0 Å². The van der Waals surface area contributed by atoms with Crippen LogP contribution in [0.3, 0.4) is 0 Å². The van der Waals surface area contributed by atoms with Gasteiger partial charge in [0.25, 0.3) is 0 Å². The van der Waals surface area contributed by atoms with Crippen LogP contribution < -0.4 is 4.74 Å². The Morgan fingerprint density at radius 2 is 1.68 bits per heavy atom. The number of rotatable bonds is 4. The van der Waals surface area contributed by atoms with Gasteiger partial charge in [-0.05, 0) is 52.9 Å². The summed E-state index contributed by atoms with van der Waals surface area (Å²) in [4.78, 5) is 0. The van der Waals surface area contributed by atoms with E-state index in [-0.39, 0.29) is 12.2 Å². The van der Waals surface area contributed by atoms with Crippen molar-refractivity contribution < 1.29 is 30.5 Å². The summed E-state index contributed by atoms with van der Waals surface area (Å²) < 4.78 is 69.7. The molecule has 1 aliphatic rings. The summed E-state index contributed by atoms with van der Waals surface area (Å²) in [7, 11) is -4.09. The van der Waals surface area contributed by atoms with Crippen molar-refractivity contribution in [2.75, 3.05) is 7.11 Å². The molecule has 0 bridgehead atoms. The topological polar surface area (TPSA) is 52.6 Å². The summed E-state index contributed by atoms with van der Waals surface area (Å²) in [5.41, 5.74) is -4.29. The van der Waals surface area contributed by atoms with Gasteiger partial charge in [0, 0.05) is 6.42 Å². The van der Waals surface area contributed by atoms with E-state index in [1.807, 2.05) is 18.2 Å². The molecular weight excluding hydrogens is 357 g/mol. The van der Waals surface area contributed by atoms with E-state index in [1.165, 1.54) is 0 Å². The molecule has 2 aromatic carbocycles. The van der Waals surface area contributed by atoms with Crippen molar-refractivity contribution in [2.45, 2.75) is 24.8 Å². The zero-order valence-corrected chi connectivity index (χ0v) is 14.1. The molecule has 134 valence electrons. The van der Waals surface area contributed by atoms with Crippen molar-refractivity contribution in [3.63, 3.8) is 0 Å². The smallest absolute Gasteiger partial charge is 0.497 e. The second kappa shape index (κ2) is 6.25. The first kappa shape index (κ1) is 17.6. The van der Waals surface area contributed by atoms with Gasteiger partial charge in [0.15, 0.2) is 0 Å². The van der Waals surface area contributed by atoms with Gasteiger partial charge in [-0.1, -0.05) is 18.2 Å². The minimum atomic E-state index is -5.65. The third-order valence-electron chi connectivity index (χ3n) is 4.06. The molecule has 0 amide bonds. The van der Waals surface area contributed by atoms with Crippen LogP contribution in [-0.4, -0.2) is 21.0 Å². The molecule has 0 saturated heterocycles. The molecule has 0 heterocycles. The third-order valence-corrected chi connectivity index (χ3v) is 5.04. The Kier molecular flexibility index (Phi) is 4.40. The Bertz CT molecular complexity index is 946. The first-order valence-corrected chi connectivity index (χ1v) is 8.93. The maximum Gasteiger partial charge on any atom is 0.534 e. The van der Waals surface area contributed by atoms with E-state index in [4.69, 9.17) is 4.74 Å². The van der Waals surface area contributed by atoms with Gasteiger partial charge < -0.3 is 8.92 Å². The molecule has 25 heavy (non-hydrogen) atoms. The molecule has 4 nitrogen and oxygen atoms in total. The highest BCUT2D eigenvalue weighted by Crippen LogP contribution is 2.39. The van der Waals surface area contributed by atoms with Crippen LogP contribution >= 0.6 is 0 Å². The SMILES string of the molecule is COc1ccc2cc(C3=C(OS(=O)(=O)C(F)(F)F)CCC3)ccc2c1. The zero-order valence-electron chi connectivity index (χ0n) is 13.3. The molecule has 0 unspecified atom stereocenters. The Hall–Kier alpha value is -2.22. The maximum absolute atomic E-state index is 12.5. The Labute approximate surface area is 143 Å². The molecule has 0 aliphatic heterocycles. The molecule has 1 aliphatic carbocycles. The second-order valence-corrected chi connectivity index (χ2v) is 7.20. The third kappa shape index (κ3) is 3.44. The molecule has 0 fully saturated rings. The van der Waals surface area contributed by atoms with Gasteiger partial charge in [-0.2, -0.15) is 21.6 Å². The quantitative estimate of drug-likeness (QED) is 0.581. The van der Waals surface area contributed by atoms with Crippen molar-refractivity contribution in [3.8, 4) is 5.75 Å². The average molecular weight is 372 g/mol. The molecule has 0 atom stereocenters. The Balaban J connectivity index is 2.00. The summed E-state index contributed by atoms with van der Waals surface area (Å²) in [6, 6.07) is 10.8. The minimum absolute atomic E-state index is 0.134. The first-order valence-electron chi connectivity index (χ1n) is 7.52. The van der Waals surface area contributed by atoms with Crippen LogP contribution in [0.1, 0.15) is 24.8 Å². The lowest BCUT2D eigenvalue weighted by molar-refractivity contribution is -0.0522. The molecule has 0 saturated carbocycles. The molecular formula is C17H15F3O4S. The van der Waals surface area contributed by atoms with Crippen LogP contribution in [0.25, 0.3) is 16.3 Å². The Morgan fingerprint density at radius 3 is 2.36 bits per heavy atom. The number of halogens is 3. The normalized spacial score (nSPS) is 15.7. The molecule has 0 radical (unpaired) electrons. The maximum atomic E-state index is 12.5. The van der Waals surface area contributed by atoms with Crippen molar-refractivity contribution in [2.24, 2.45) is 0 Å². The van der Waals surface area contributed by atoms with Gasteiger partial charge in [0.1, 0.15) is 11.5 Å². The largest absolute Gasteiger partial charge is 0.534 e. The summed E-state index contributed by atoms with van der Waals surface area (Å²) in [6.45, 7) is 0. The van der Waals surface area contributed by atoms with Crippen LogP contribution in [-0.2, 0) is 14.3 Å². The molecule has 0 aromatic heterocycles. The van der Waals surface area contributed by atoms with E-state index in [9.17, 15) is 21.6 Å². The summed E-state index contributed by atoms with van der Waals surface area (Å²) in [5, 5.41) is 1.78. The van der Waals surface area contributed by atoms with Gasteiger partial charge in [-0.25, -0.2) is 0 Å². The predicted molar refractivity (Wildman–Crippen MR) is 87.3 cm³/mol. The van der Waals surface area contributed by atoms with Gasteiger partial charge in [0.2, 0.25) is 0 Å². The van der Waals surface area contributed by atoms with Crippen LogP contribution in [0, 0.1) is 0 Å². The monoisotopic (exact) mass is 372 g/mol. The fraction of sp³-hybridized carbons (Fsp3) is 0.294. The van der Waals surface area contributed by atoms with E-state index < -0.39 is 15.6 Å². The van der Waals surface area contributed by atoms with Gasteiger partial charge in [0.05, 0.1) is 7.11 Å². The number of fused-ring (bicyclic) bond motifs is 1. The Morgan fingerprint density at radius 1 is 1.00 bits per heavy atom. The number of methoxy groups -OCH3 is 1. The molecule has 2 aromatic rings. The number of benzene rings is 2. The van der Waals surface area contributed by atoms with E-state index >= 15 is 0 Å². The highest BCUT2D eigenvalue weighted by molar-refractivity contribution is 7.87. The van der Waals surface area contributed by atoms with Crippen molar-refractivity contribution in [1.29, 1.82) is 0 Å².